The molecule has 1 unspecified atom stereocenters. The van der Waals surface area contributed by atoms with Crippen molar-refractivity contribution in [3.63, 3.8) is 0 Å². The Morgan fingerprint density at radius 1 is 1.20 bits per heavy atom. The van der Waals surface area contributed by atoms with Crippen molar-refractivity contribution in [2.75, 3.05) is 14.2 Å². The molecule has 110 valence electrons. The standard InChI is InChI=1S/C15H20O5/c1-6-9-15(13(17)19-4,14(18)20-5)10-7-8-12(16)11(2)3/h1,11-12,16H,9-10H2,2-5H3. The van der Waals surface area contributed by atoms with Crippen LogP contribution in [-0.4, -0.2) is 37.4 Å². The second kappa shape index (κ2) is 8.24. The molecule has 0 aliphatic rings. The molecule has 1 atom stereocenters. The minimum Gasteiger partial charge on any atom is -0.468 e. The highest BCUT2D eigenvalue weighted by Crippen LogP contribution is 2.29. The summed E-state index contributed by atoms with van der Waals surface area (Å²) in [6.45, 7) is 3.60. The predicted octanol–water partition coefficient (Wildman–Crippen LogP) is 0.752. The van der Waals surface area contributed by atoms with E-state index in [0.29, 0.717) is 0 Å². The number of carbonyl (C=O) groups excluding carboxylic acids is 2. The molecule has 0 heterocycles. The Balaban J connectivity index is 5.37. The Labute approximate surface area is 119 Å². The number of methoxy groups -OCH3 is 2. The lowest BCUT2D eigenvalue weighted by atomic mass is 9.81. The first kappa shape index (κ1) is 18.0. The number of carbonyl (C=O) groups is 2. The topological polar surface area (TPSA) is 72.8 Å². The highest BCUT2D eigenvalue weighted by Gasteiger charge is 2.47. The van der Waals surface area contributed by atoms with Crippen LogP contribution in [0.2, 0.25) is 0 Å². The molecule has 0 spiro atoms. The number of esters is 2. The van der Waals surface area contributed by atoms with Gasteiger partial charge < -0.3 is 14.6 Å². The lowest BCUT2D eigenvalue weighted by Gasteiger charge is -2.24. The third-order valence-electron chi connectivity index (χ3n) is 2.83. The lowest BCUT2D eigenvalue weighted by Crippen LogP contribution is -2.40. The first-order valence-electron chi connectivity index (χ1n) is 6.12. The van der Waals surface area contributed by atoms with Crippen LogP contribution in [0.1, 0.15) is 26.7 Å². The van der Waals surface area contributed by atoms with Crippen molar-refractivity contribution in [2.45, 2.75) is 32.8 Å². The van der Waals surface area contributed by atoms with Gasteiger partial charge in [-0.15, -0.1) is 12.3 Å². The zero-order chi connectivity index (χ0) is 15.8. The van der Waals surface area contributed by atoms with Crippen LogP contribution in [0.15, 0.2) is 0 Å². The van der Waals surface area contributed by atoms with Crippen LogP contribution in [-0.2, 0) is 19.1 Å². The third-order valence-corrected chi connectivity index (χ3v) is 2.83. The van der Waals surface area contributed by atoms with Gasteiger partial charge >= 0.3 is 11.9 Å². The van der Waals surface area contributed by atoms with Crippen LogP contribution >= 0.6 is 0 Å². The summed E-state index contributed by atoms with van der Waals surface area (Å²) in [5.41, 5.74) is -1.65. The van der Waals surface area contributed by atoms with E-state index in [-0.39, 0.29) is 18.8 Å². The third kappa shape index (κ3) is 4.29. The predicted molar refractivity (Wildman–Crippen MR) is 73.2 cm³/mol. The van der Waals surface area contributed by atoms with Gasteiger partial charge in [-0.3, -0.25) is 9.59 Å². The summed E-state index contributed by atoms with van der Waals surface area (Å²) in [5, 5.41) is 9.60. The van der Waals surface area contributed by atoms with Crippen molar-refractivity contribution < 1.29 is 24.2 Å². The first-order valence-corrected chi connectivity index (χ1v) is 6.12. The minimum absolute atomic E-state index is 0.0548. The fraction of sp³-hybridized carbons (Fsp3) is 0.600. The monoisotopic (exact) mass is 280 g/mol. The van der Waals surface area contributed by atoms with Crippen LogP contribution in [0, 0.1) is 35.5 Å². The van der Waals surface area contributed by atoms with Gasteiger partial charge in [0.05, 0.1) is 14.2 Å². The molecule has 0 aromatic rings. The molecule has 5 nitrogen and oxygen atoms in total. The van der Waals surface area contributed by atoms with Crippen LogP contribution < -0.4 is 0 Å². The lowest BCUT2D eigenvalue weighted by molar-refractivity contribution is -0.168. The minimum atomic E-state index is -1.65. The van der Waals surface area contributed by atoms with Crippen LogP contribution in [0.25, 0.3) is 0 Å². The molecule has 0 bridgehead atoms. The summed E-state index contributed by atoms with van der Waals surface area (Å²) in [6, 6.07) is 0. The Kier molecular flexibility index (Phi) is 7.43. The van der Waals surface area contributed by atoms with E-state index in [1.165, 1.54) is 0 Å². The van der Waals surface area contributed by atoms with E-state index < -0.39 is 23.5 Å². The van der Waals surface area contributed by atoms with Crippen molar-refractivity contribution in [1.29, 1.82) is 0 Å². The molecule has 20 heavy (non-hydrogen) atoms. The quantitative estimate of drug-likeness (QED) is 0.457. The molecule has 5 heteroatoms. The SMILES string of the molecule is C#CCC(CC#CC(O)C(C)C)(C(=O)OC)C(=O)OC. The molecule has 1 N–H and O–H groups in total. The summed E-state index contributed by atoms with van der Waals surface area (Å²) in [6.07, 6.45) is 4.03. The smallest absolute Gasteiger partial charge is 0.325 e. The maximum absolute atomic E-state index is 11.9. The van der Waals surface area contributed by atoms with Gasteiger partial charge in [-0.2, -0.15) is 0 Å². The van der Waals surface area contributed by atoms with E-state index in [0.717, 1.165) is 14.2 Å². The van der Waals surface area contributed by atoms with Gasteiger partial charge in [0.2, 0.25) is 0 Å². The van der Waals surface area contributed by atoms with Gasteiger partial charge in [-0.1, -0.05) is 25.7 Å². The number of aliphatic hydroxyl groups is 1. The van der Waals surface area contributed by atoms with Crippen molar-refractivity contribution in [1.82, 2.24) is 0 Å². The van der Waals surface area contributed by atoms with Crippen molar-refractivity contribution in [3.05, 3.63) is 0 Å². The van der Waals surface area contributed by atoms with E-state index in [4.69, 9.17) is 6.42 Å². The van der Waals surface area contributed by atoms with Gasteiger partial charge in [-0.25, -0.2) is 0 Å². The normalized spacial score (nSPS) is 11.8. The molecule has 0 aromatic heterocycles. The van der Waals surface area contributed by atoms with Crippen molar-refractivity contribution in [2.24, 2.45) is 11.3 Å². The zero-order valence-electron chi connectivity index (χ0n) is 12.2. The number of hydrogen-bond donors (Lipinski definition) is 1. The summed E-state index contributed by atoms with van der Waals surface area (Å²) in [5.74, 6) is 5.82. The first-order chi connectivity index (χ1) is 9.35. The Bertz CT molecular complexity index is 431. The summed E-state index contributed by atoms with van der Waals surface area (Å²) < 4.78 is 9.26. The fourth-order valence-corrected chi connectivity index (χ4v) is 1.47. The molecule has 0 fully saturated rings. The molecule has 0 amide bonds. The van der Waals surface area contributed by atoms with Gasteiger partial charge in [0.15, 0.2) is 5.41 Å². The number of ether oxygens (including phenoxy) is 2. The molecule has 0 saturated carbocycles. The summed E-state index contributed by atoms with van der Waals surface area (Å²) in [4.78, 5) is 23.8. The highest BCUT2D eigenvalue weighted by atomic mass is 16.5. The number of aliphatic hydroxyl groups excluding tert-OH is 1. The molecule has 0 aliphatic carbocycles. The van der Waals surface area contributed by atoms with Gasteiger partial charge in [-0.05, 0) is 5.92 Å². The highest BCUT2D eigenvalue weighted by molar-refractivity contribution is 6.00. The molecule has 0 radical (unpaired) electrons. The van der Waals surface area contributed by atoms with Gasteiger partial charge in [0.1, 0.15) is 6.10 Å². The van der Waals surface area contributed by atoms with Crippen LogP contribution in [0.5, 0.6) is 0 Å². The number of rotatable bonds is 5. The Morgan fingerprint density at radius 2 is 1.70 bits per heavy atom. The Morgan fingerprint density at radius 3 is 2.05 bits per heavy atom. The van der Waals surface area contributed by atoms with Crippen LogP contribution in [0.4, 0.5) is 0 Å². The van der Waals surface area contributed by atoms with E-state index >= 15 is 0 Å². The number of hydrogen-bond acceptors (Lipinski definition) is 5. The molecule has 0 aliphatic heterocycles. The van der Waals surface area contributed by atoms with E-state index in [9.17, 15) is 14.7 Å². The average Bonchev–Trinajstić information content (AvgIpc) is 2.44. The fourth-order valence-electron chi connectivity index (χ4n) is 1.47. The molecular formula is C15H20O5. The van der Waals surface area contributed by atoms with E-state index in [1.807, 2.05) is 0 Å². The largest absolute Gasteiger partial charge is 0.468 e. The molecule has 0 rings (SSSR count). The average molecular weight is 280 g/mol. The zero-order valence-corrected chi connectivity index (χ0v) is 12.2. The van der Waals surface area contributed by atoms with Crippen molar-refractivity contribution in [3.8, 4) is 24.2 Å². The van der Waals surface area contributed by atoms with Crippen molar-refractivity contribution >= 4 is 11.9 Å². The van der Waals surface area contributed by atoms with Gasteiger partial charge in [0.25, 0.3) is 0 Å². The molecule has 0 aromatic carbocycles. The molecular weight excluding hydrogens is 260 g/mol. The second-order valence-corrected chi connectivity index (χ2v) is 4.63. The summed E-state index contributed by atoms with van der Waals surface area (Å²) in [7, 11) is 2.32. The maximum atomic E-state index is 11.9. The van der Waals surface area contributed by atoms with E-state index in [2.05, 4.69) is 27.2 Å². The van der Waals surface area contributed by atoms with Crippen LogP contribution in [0.3, 0.4) is 0 Å². The second-order valence-electron chi connectivity index (χ2n) is 4.63. The summed E-state index contributed by atoms with van der Waals surface area (Å²) >= 11 is 0. The van der Waals surface area contributed by atoms with E-state index in [1.54, 1.807) is 13.8 Å². The molecule has 0 saturated heterocycles. The van der Waals surface area contributed by atoms with Gasteiger partial charge in [0, 0.05) is 12.8 Å². The number of terminal acetylenes is 1. The Hall–Kier alpha value is -1.98. The maximum Gasteiger partial charge on any atom is 0.325 e.